The molecule has 1 aromatic carbocycles. The Hall–Kier alpha value is -1.28. The predicted molar refractivity (Wildman–Crippen MR) is 79.6 cm³/mol. The van der Waals surface area contributed by atoms with Gasteiger partial charge in [0.1, 0.15) is 5.75 Å². The summed E-state index contributed by atoms with van der Waals surface area (Å²) < 4.78 is 5.65. The van der Waals surface area contributed by atoms with Crippen molar-refractivity contribution in [3.05, 3.63) is 41.3 Å². The molecule has 0 aliphatic rings. The van der Waals surface area contributed by atoms with Gasteiger partial charge in [0.2, 0.25) is 0 Å². The summed E-state index contributed by atoms with van der Waals surface area (Å²) in [5.74, 6) is 1.54. The first-order valence-electron chi connectivity index (χ1n) is 6.43. The molecule has 1 aromatic heterocycles. The maximum absolute atomic E-state index is 5.65. The van der Waals surface area contributed by atoms with Gasteiger partial charge in [-0.05, 0) is 61.7 Å². The Labute approximate surface area is 113 Å². The molecule has 0 saturated carbocycles. The van der Waals surface area contributed by atoms with E-state index < -0.39 is 0 Å². The Bertz CT molecular complexity index is 494. The van der Waals surface area contributed by atoms with Gasteiger partial charge in [-0.15, -0.1) is 11.3 Å². The minimum Gasteiger partial charge on any atom is -0.491 e. The first kappa shape index (κ1) is 13.2. The van der Waals surface area contributed by atoms with E-state index in [0.29, 0.717) is 5.92 Å². The van der Waals surface area contributed by atoms with E-state index in [-0.39, 0.29) is 6.10 Å². The van der Waals surface area contributed by atoms with E-state index in [4.69, 9.17) is 4.74 Å². The van der Waals surface area contributed by atoms with Crippen LogP contribution in [0.25, 0.3) is 10.4 Å². The van der Waals surface area contributed by atoms with Gasteiger partial charge in [-0.2, -0.15) is 0 Å². The number of ether oxygens (including phenoxy) is 1. The van der Waals surface area contributed by atoms with E-state index in [0.717, 1.165) is 5.75 Å². The minimum absolute atomic E-state index is 0.227. The maximum Gasteiger partial charge on any atom is 0.119 e. The average molecular weight is 260 g/mol. The molecule has 0 N–H and O–H groups in total. The Morgan fingerprint density at radius 2 is 1.56 bits per heavy atom. The van der Waals surface area contributed by atoms with Crippen LogP contribution >= 0.6 is 11.3 Å². The second-order valence-electron chi connectivity index (χ2n) is 5.05. The molecule has 0 fully saturated rings. The molecule has 0 amide bonds. The fraction of sp³-hybridized carbons (Fsp3) is 0.375. The summed E-state index contributed by atoms with van der Waals surface area (Å²) in [5.41, 5.74) is 1.27. The summed E-state index contributed by atoms with van der Waals surface area (Å²) in [6.45, 7) is 8.55. The third-order valence-corrected chi connectivity index (χ3v) is 4.14. The molecular formula is C16H20OS. The maximum atomic E-state index is 5.65. The number of thiophene rings is 1. The number of hydrogen-bond donors (Lipinski definition) is 0. The average Bonchev–Trinajstić information content (AvgIpc) is 2.78. The van der Waals surface area contributed by atoms with E-state index in [1.165, 1.54) is 15.3 Å². The Balaban J connectivity index is 2.17. The standard InChI is InChI=1S/C16H20OS/c1-11(2)15-9-10-16(18-15)13-5-7-14(8-6-13)17-12(3)4/h5-12H,1-4H3. The Morgan fingerprint density at radius 1 is 0.889 bits per heavy atom. The molecule has 0 unspecified atom stereocenters. The van der Waals surface area contributed by atoms with Crippen LogP contribution in [0.1, 0.15) is 38.5 Å². The molecule has 18 heavy (non-hydrogen) atoms. The Morgan fingerprint density at radius 3 is 2.06 bits per heavy atom. The lowest BCUT2D eigenvalue weighted by Crippen LogP contribution is -2.04. The number of benzene rings is 1. The van der Waals surface area contributed by atoms with Crippen molar-refractivity contribution in [3.8, 4) is 16.2 Å². The third-order valence-electron chi connectivity index (χ3n) is 2.71. The van der Waals surface area contributed by atoms with Gasteiger partial charge in [0.25, 0.3) is 0 Å². The van der Waals surface area contributed by atoms with Gasteiger partial charge < -0.3 is 4.74 Å². The van der Waals surface area contributed by atoms with E-state index in [1.807, 2.05) is 37.3 Å². The lowest BCUT2D eigenvalue weighted by Gasteiger charge is -2.09. The van der Waals surface area contributed by atoms with Crippen molar-refractivity contribution in [3.63, 3.8) is 0 Å². The van der Waals surface area contributed by atoms with Crippen LogP contribution in [0, 0.1) is 0 Å². The molecule has 0 bridgehead atoms. The van der Waals surface area contributed by atoms with Crippen molar-refractivity contribution in [2.24, 2.45) is 0 Å². The predicted octanol–water partition coefficient (Wildman–Crippen LogP) is 5.33. The van der Waals surface area contributed by atoms with Crippen LogP contribution in [0.3, 0.4) is 0 Å². The van der Waals surface area contributed by atoms with Crippen LogP contribution in [0.4, 0.5) is 0 Å². The van der Waals surface area contributed by atoms with Crippen molar-refractivity contribution in [1.82, 2.24) is 0 Å². The van der Waals surface area contributed by atoms with E-state index in [2.05, 4.69) is 38.1 Å². The topological polar surface area (TPSA) is 9.23 Å². The SMILES string of the molecule is CC(C)Oc1ccc(-c2ccc(C(C)C)s2)cc1. The number of hydrogen-bond acceptors (Lipinski definition) is 2. The highest BCUT2D eigenvalue weighted by Crippen LogP contribution is 2.32. The lowest BCUT2D eigenvalue weighted by molar-refractivity contribution is 0.242. The molecule has 2 heteroatoms. The normalized spacial score (nSPS) is 11.2. The summed E-state index contributed by atoms with van der Waals surface area (Å²) >= 11 is 1.87. The highest BCUT2D eigenvalue weighted by Gasteiger charge is 2.06. The summed E-state index contributed by atoms with van der Waals surface area (Å²) in [5, 5.41) is 0. The number of rotatable bonds is 4. The van der Waals surface area contributed by atoms with Crippen LogP contribution in [0.15, 0.2) is 36.4 Å². The second kappa shape index (κ2) is 5.57. The molecule has 2 aromatic rings. The van der Waals surface area contributed by atoms with Crippen molar-refractivity contribution in [2.45, 2.75) is 39.7 Å². The summed E-state index contributed by atoms with van der Waals surface area (Å²) in [4.78, 5) is 2.77. The van der Waals surface area contributed by atoms with Crippen LogP contribution < -0.4 is 4.74 Å². The zero-order valence-corrected chi connectivity index (χ0v) is 12.3. The summed E-state index contributed by atoms with van der Waals surface area (Å²) in [7, 11) is 0. The smallest absolute Gasteiger partial charge is 0.119 e. The molecule has 1 nitrogen and oxygen atoms in total. The fourth-order valence-electron chi connectivity index (χ4n) is 1.79. The van der Waals surface area contributed by atoms with Gasteiger partial charge >= 0.3 is 0 Å². The van der Waals surface area contributed by atoms with E-state index in [9.17, 15) is 0 Å². The molecule has 0 spiro atoms. The molecule has 0 atom stereocenters. The fourth-order valence-corrected chi connectivity index (χ4v) is 2.80. The van der Waals surface area contributed by atoms with Crippen LogP contribution in [-0.2, 0) is 0 Å². The van der Waals surface area contributed by atoms with Gasteiger partial charge in [0, 0.05) is 9.75 Å². The van der Waals surface area contributed by atoms with Crippen molar-refractivity contribution >= 4 is 11.3 Å². The summed E-state index contributed by atoms with van der Waals surface area (Å²) in [6, 6.07) is 12.8. The van der Waals surface area contributed by atoms with E-state index >= 15 is 0 Å². The quantitative estimate of drug-likeness (QED) is 0.722. The summed E-state index contributed by atoms with van der Waals surface area (Å²) in [6.07, 6.45) is 0.227. The molecule has 0 aliphatic heterocycles. The largest absolute Gasteiger partial charge is 0.491 e. The van der Waals surface area contributed by atoms with Gasteiger partial charge in [-0.1, -0.05) is 13.8 Å². The van der Waals surface area contributed by atoms with Crippen LogP contribution in [-0.4, -0.2) is 6.10 Å². The van der Waals surface area contributed by atoms with Crippen LogP contribution in [0.5, 0.6) is 5.75 Å². The zero-order chi connectivity index (χ0) is 13.1. The van der Waals surface area contributed by atoms with Gasteiger partial charge in [0.05, 0.1) is 6.10 Å². The second-order valence-corrected chi connectivity index (χ2v) is 6.16. The minimum atomic E-state index is 0.227. The van der Waals surface area contributed by atoms with Gasteiger partial charge in [-0.25, -0.2) is 0 Å². The molecule has 96 valence electrons. The molecule has 2 rings (SSSR count). The first-order chi connectivity index (χ1) is 8.56. The molecule has 0 radical (unpaired) electrons. The lowest BCUT2D eigenvalue weighted by atomic mass is 10.1. The van der Waals surface area contributed by atoms with Crippen molar-refractivity contribution < 1.29 is 4.74 Å². The van der Waals surface area contributed by atoms with Crippen LogP contribution in [0.2, 0.25) is 0 Å². The van der Waals surface area contributed by atoms with Crippen molar-refractivity contribution in [2.75, 3.05) is 0 Å². The highest BCUT2D eigenvalue weighted by molar-refractivity contribution is 7.15. The highest BCUT2D eigenvalue weighted by atomic mass is 32.1. The van der Waals surface area contributed by atoms with E-state index in [1.54, 1.807) is 0 Å². The third kappa shape index (κ3) is 3.14. The molecule has 0 saturated heterocycles. The molecule has 1 heterocycles. The van der Waals surface area contributed by atoms with Gasteiger partial charge in [0.15, 0.2) is 0 Å². The first-order valence-corrected chi connectivity index (χ1v) is 7.24. The van der Waals surface area contributed by atoms with Crippen molar-refractivity contribution in [1.29, 1.82) is 0 Å². The molecular weight excluding hydrogens is 240 g/mol. The zero-order valence-electron chi connectivity index (χ0n) is 11.4. The Kier molecular flexibility index (Phi) is 4.07. The monoisotopic (exact) mass is 260 g/mol. The molecule has 0 aliphatic carbocycles. The van der Waals surface area contributed by atoms with Gasteiger partial charge in [-0.3, -0.25) is 0 Å².